The summed E-state index contributed by atoms with van der Waals surface area (Å²) in [5, 5.41) is 3.17. The molecule has 4 nitrogen and oxygen atoms in total. The minimum absolute atomic E-state index is 0.131. The van der Waals surface area contributed by atoms with Gasteiger partial charge >= 0.3 is 0 Å². The molecule has 0 aliphatic carbocycles. The van der Waals surface area contributed by atoms with Crippen LogP contribution in [0.4, 0.5) is 0 Å². The highest BCUT2D eigenvalue weighted by Gasteiger charge is 2.50. The Hall–Kier alpha value is -1.72. The fourth-order valence-corrected chi connectivity index (χ4v) is 4.67. The van der Waals surface area contributed by atoms with Crippen LogP contribution in [0.5, 0.6) is 0 Å². The summed E-state index contributed by atoms with van der Waals surface area (Å²) in [5.41, 5.74) is 1.18. The lowest BCUT2D eigenvalue weighted by Gasteiger charge is -2.23. The van der Waals surface area contributed by atoms with E-state index in [0.717, 1.165) is 57.0 Å². The third-order valence-corrected chi connectivity index (χ3v) is 6.15. The molecule has 2 aliphatic rings. The van der Waals surface area contributed by atoms with Crippen molar-refractivity contribution in [1.82, 2.24) is 14.8 Å². The van der Waals surface area contributed by atoms with Gasteiger partial charge in [0.2, 0.25) is 5.91 Å². The number of likely N-dealkylation sites (tertiary alicyclic amines) is 2. The molecule has 1 aromatic carbocycles. The Morgan fingerprint density at radius 3 is 2.79 bits per heavy atom. The smallest absolute Gasteiger partial charge is 0.230 e. The van der Waals surface area contributed by atoms with Gasteiger partial charge in [0.15, 0.2) is 0 Å². The molecule has 2 aliphatic heterocycles. The summed E-state index contributed by atoms with van der Waals surface area (Å²) in [4.78, 5) is 21.8. The first-order valence-corrected chi connectivity index (χ1v) is 9.57. The van der Waals surface area contributed by atoms with E-state index in [-0.39, 0.29) is 5.41 Å². The lowest BCUT2D eigenvalue weighted by molar-refractivity contribution is -0.135. The molecule has 4 rings (SSSR count). The largest absolute Gasteiger partial charge is 0.342 e. The van der Waals surface area contributed by atoms with Crippen LogP contribution in [0.25, 0.3) is 0 Å². The third-order valence-electron chi connectivity index (χ3n) is 5.39. The highest BCUT2D eigenvalue weighted by Crippen LogP contribution is 2.41. The minimum atomic E-state index is -0.131. The molecule has 0 N–H and O–H groups in total. The molecule has 0 bridgehead atoms. The van der Waals surface area contributed by atoms with E-state index >= 15 is 0 Å². The maximum absolute atomic E-state index is 13.0. The zero-order valence-corrected chi connectivity index (χ0v) is 14.7. The molecule has 3 heterocycles. The van der Waals surface area contributed by atoms with Crippen LogP contribution in [0.1, 0.15) is 23.4 Å². The molecule has 5 heteroatoms. The van der Waals surface area contributed by atoms with E-state index in [9.17, 15) is 4.79 Å². The number of aromatic nitrogens is 1. The summed E-state index contributed by atoms with van der Waals surface area (Å²) in [7, 11) is 0. The van der Waals surface area contributed by atoms with E-state index in [1.807, 2.05) is 17.6 Å². The van der Waals surface area contributed by atoms with Crippen LogP contribution in [0.3, 0.4) is 0 Å². The number of benzene rings is 1. The fraction of sp³-hybridized carbons (Fsp3) is 0.474. The standard InChI is InChI=1S/C19H23N3OS/c23-18-19(7-11-21(15-19)14-17-20-9-13-24-17)8-12-22(18)10-6-16-4-2-1-3-5-16/h1-5,9,13H,6-8,10-12,14-15H2. The van der Waals surface area contributed by atoms with Crippen molar-refractivity contribution in [3.63, 3.8) is 0 Å². The molecule has 2 saturated heterocycles. The second kappa shape index (κ2) is 6.65. The number of amides is 1. The van der Waals surface area contributed by atoms with Crippen molar-refractivity contribution in [3.8, 4) is 0 Å². The lowest BCUT2D eigenvalue weighted by atomic mass is 9.85. The number of carbonyl (C=O) groups is 1. The summed E-state index contributed by atoms with van der Waals surface area (Å²) in [6.07, 6.45) is 4.82. The monoisotopic (exact) mass is 341 g/mol. The van der Waals surface area contributed by atoms with Gasteiger partial charge in [-0.25, -0.2) is 4.98 Å². The Balaban J connectivity index is 1.35. The molecule has 24 heavy (non-hydrogen) atoms. The van der Waals surface area contributed by atoms with Crippen LogP contribution in [0.2, 0.25) is 0 Å². The van der Waals surface area contributed by atoms with E-state index in [2.05, 4.69) is 39.0 Å². The van der Waals surface area contributed by atoms with Crippen molar-refractivity contribution in [2.45, 2.75) is 25.8 Å². The van der Waals surface area contributed by atoms with Gasteiger partial charge in [-0.05, 0) is 31.4 Å². The Kier molecular flexibility index (Phi) is 4.37. The zero-order valence-electron chi connectivity index (χ0n) is 13.9. The summed E-state index contributed by atoms with van der Waals surface area (Å²) < 4.78 is 0. The number of rotatable bonds is 5. The van der Waals surface area contributed by atoms with E-state index in [1.165, 1.54) is 5.56 Å². The van der Waals surface area contributed by atoms with Crippen molar-refractivity contribution in [2.75, 3.05) is 26.2 Å². The Morgan fingerprint density at radius 2 is 2.00 bits per heavy atom. The zero-order chi connectivity index (χ0) is 16.4. The van der Waals surface area contributed by atoms with Crippen molar-refractivity contribution in [2.24, 2.45) is 5.41 Å². The van der Waals surface area contributed by atoms with Crippen molar-refractivity contribution >= 4 is 17.2 Å². The summed E-state index contributed by atoms with van der Waals surface area (Å²) in [6, 6.07) is 10.4. The first kappa shape index (κ1) is 15.8. The Labute approximate surface area is 147 Å². The van der Waals surface area contributed by atoms with E-state index < -0.39 is 0 Å². The molecule has 1 atom stereocenters. The van der Waals surface area contributed by atoms with Gasteiger partial charge in [-0.3, -0.25) is 9.69 Å². The fourth-order valence-electron chi connectivity index (χ4n) is 4.01. The summed E-state index contributed by atoms with van der Waals surface area (Å²) in [6.45, 7) is 4.55. The van der Waals surface area contributed by atoms with Gasteiger partial charge < -0.3 is 4.90 Å². The van der Waals surface area contributed by atoms with Gasteiger partial charge in [0, 0.05) is 31.2 Å². The Bertz CT molecular complexity index is 688. The first-order valence-electron chi connectivity index (χ1n) is 8.69. The number of carbonyl (C=O) groups excluding carboxylic acids is 1. The second-order valence-corrected chi connectivity index (χ2v) is 7.92. The molecule has 1 aromatic heterocycles. The summed E-state index contributed by atoms with van der Waals surface area (Å²) in [5.74, 6) is 0.375. The average molecular weight is 341 g/mol. The molecular formula is C19H23N3OS. The first-order chi connectivity index (χ1) is 11.8. The quantitative estimate of drug-likeness (QED) is 0.839. The van der Waals surface area contributed by atoms with Crippen molar-refractivity contribution < 1.29 is 4.79 Å². The molecule has 2 aromatic rings. The molecular weight excluding hydrogens is 318 g/mol. The van der Waals surface area contributed by atoms with Gasteiger partial charge in [-0.1, -0.05) is 30.3 Å². The number of nitrogens with zero attached hydrogens (tertiary/aromatic N) is 3. The number of hydrogen-bond donors (Lipinski definition) is 0. The molecule has 1 amide bonds. The van der Waals surface area contributed by atoms with Crippen LogP contribution in [0, 0.1) is 5.41 Å². The highest BCUT2D eigenvalue weighted by atomic mass is 32.1. The predicted molar refractivity (Wildman–Crippen MR) is 95.8 cm³/mol. The predicted octanol–water partition coefficient (Wildman–Crippen LogP) is 2.81. The van der Waals surface area contributed by atoms with Crippen LogP contribution in [-0.4, -0.2) is 46.9 Å². The van der Waals surface area contributed by atoms with Gasteiger partial charge in [-0.2, -0.15) is 0 Å². The van der Waals surface area contributed by atoms with Crippen LogP contribution in [0.15, 0.2) is 41.9 Å². The summed E-state index contributed by atoms with van der Waals surface area (Å²) >= 11 is 1.70. The molecule has 1 unspecified atom stereocenters. The van der Waals surface area contributed by atoms with Crippen LogP contribution < -0.4 is 0 Å². The number of hydrogen-bond acceptors (Lipinski definition) is 4. The van der Waals surface area contributed by atoms with Crippen molar-refractivity contribution in [1.29, 1.82) is 0 Å². The second-order valence-electron chi connectivity index (χ2n) is 6.94. The lowest BCUT2D eigenvalue weighted by Crippen LogP contribution is -2.37. The molecule has 0 saturated carbocycles. The van der Waals surface area contributed by atoms with Gasteiger partial charge in [0.25, 0.3) is 0 Å². The van der Waals surface area contributed by atoms with E-state index in [1.54, 1.807) is 11.3 Å². The normalized spacial score (nSPS) is 24.3. The highest BCUT2D eigenvalue weighted by molar-refractivity contribution is 7.09. The maximum atomic E-state index is 13.0. The third kappa shape index (κ3) is 3.10. The van der Waals surface area contributed by atoms with Crippen molar-refractivity contribution in [3.05, 3.63) is 52.5 Å². The van der Waals surface area contributed by atoms with Crippen LogP contribution >= 0.6 is 11.3 Å². The maximum Gasteiger partial charge on any atom is 0.230 e. The molecule has 1 spiro atoms. The van der Waals surface area contributed by atoms with Gasteiger partial charge in [-0.15, -0.1) is 11.3 Å². The number of thiazole rings is 1. The minimum Gasteiger partial charge on any atom is -0.342 e. The Morgan fingerprint density at radius 1 is 1.17 bits per heavy atom. The van der Waals surface area contributed by atoms with Gasteiger partial charge in [0.05, 0.1) is 12.0 Å². The molecule has 126 valence electrons. The average Bonchev–Trinajstić information content (AvgIpc) is 3.32. The van der Waals surface area contributed by atoms with Crippen LogP contribution in [-0.2, 0) is 17.8 Å². The molecule has 2 fully saturated rings. The molecule has 0 radical (unpaired) electrons. The van der Waals surface area contributed by atoms with E-state index in [0.29, 0.717) is 5.91 Å². The topological polar surface area (TPSA) is 36.4 Å². The SMILES string of the molecule is O=C1N(CCc2ccccc2)CCC12CCN(Cc1nccs1)C2. The van der Waals surface area contributed by atoms with Gasteiger partial charge in [0.1, 0.15) is 5.01 Å². The van der Waals surface area contributed by atoms with E-state index in [4.69, 9.17) is 0 Å².